The van der Waals surface area contributed by atoms with E-state index >= 15 is 0 Å². The fourth-order valence-electron chi connectivity index (χ4n) is 2.70. The quantitative estimate of drug-likeness (QED) is 0.548. The summed E-state index contributed by atoms with van der Waals surface area (Å²) < 4.78 is 10.5. The number of rotatable bonds is 10. The van der Waals surface area contributed by atoms with Gasteiger partial charge < -0.3 is 24.8 Å². The van der Waals surface area contributed by atoms with E-state index in [1.807, 2.05) is 44.2 Å². The van der Waals surface area contributed by atoms with Crippen LogP contribution in [0.4, 0.5) is 9.59 Å². The second kappa shape index (κ2) is 12.0. The van der Waals surface area contributed by atoms with Gasteiger partial charge in [0.25, 0.3) is 0 Å². The molecule has 2 N–H and O–H groups in total. The Kier molecular flexibility index (Phi) is 10.1. The van der Waals surface area contributed by atoms with Gasteiger partial charge in [-0.1, -0.05) is 30.3 Å². The van der Waals surface area contributed by atoms with Crippen molar-refractivity contribution in [1.29, 1.82) is 0 Å². The molecule has 1 aromatic rings. The van der Waals surface area contributed by atoms with E-state index in [0.29, 0.717) is 19.4 Å². The summed E-state index contributed by atoms with van der Waals surface area (Å²) in [5.41, 5.74) is 0.206. The first-order valence-electron chi connectivity index (χ1n) is 10.2. The highest BCUT2D eigenvalue weighted by atomic mass is 16.6. The molecular formula is C22H34N2O6. The number of carboxylic acids is 1. The molecule has 0 aliphatic rings. The zero-order valence-corrected chi connectivity index (χ0v) is 18.5. The lowest BCUT2D eigenvalue weighted by atomic mass is 10.1. The number of ether oxygens (including phenoxy) is 2. The summed E-state index contributed by atoms with van der Waals surface area (Å²) >= 11 is 0. The Balaban J connectivity index is 2.46. The molecule has 1 atom stereocenters. The second-order valence-corrected chi connectivity index (χ2v) is 8.36. The molecule has 0 saturated carbocycles. The van der Waals surface area contributed by atoms with E-state index in [1.165, 1.54) is 0 Å². The number of alkyl carbamates (subject to hydrolysis) is 1. The Morgan fingerprint density at radius 2 is 1.73 bits per heavy atom. The van der Waals surface area contributed by atoms with E-state index in [1.54, 1.807) is 25.7 Å². The number of hydrogen-bond acceptors (Lipinski definition) is 5. The van der Waals surface area contributed by atoms with Crippen LogP contribution in [0.5, 0.6) is 0 Å². The summed E-state index contributed by atoms with van der Waals surface area (Å²) in [6.07, 6.45) is 0.165. The Labute approximate surface area is 178 Å². The van der Waals surface area contributed by atoms with E-state index in [2.05, 4.69) is 5.32 Å². The first-order valence-corrected chi connectivity index (χ1v) is 10.2. The predicted molar refractivity (Wildman–Crippen MR) is 113 cm³/mol. The summed E-state index contributed by atoms with van der Waals surface area (Å²) in [5.74, 6) is -1.12. The summed E-state index contributed by atoms with van der Waals surface area (Å²) in [7, 11) is 0. The Bertz CT molecular complexity index is 685. The molecule has 30 heavy (non-hydrogen) atoms. The lowest BCUT2D eigenvalue weighted by Gasteiger charge is -2.26. The van der Waals surface area contributed by atoms with E-state index in [4.69, 9.17) is 9.47 Å². The van der Waals surface area contributed by atoms with Gasteiger partial charge >= 0.3 is 18.2 Å². The maximum Gasteiger partial charge on any atom is 0.410 e. The minimum Gasteiger partial charge on any atom is -0.480 e. The molecule has 1 aromatic carbocycles. The van der Waals surface area contributed by atoms with Gasteiger partial charge in [0.2, 0.25) is 0 Å². The van der Waals surface area contributed by atoms with Crippen molar-refractivity contribution in [3.63, 3.8) is 0 Å². The van der Waals surface area contributed by atoms with Crippen LogP contribution in [-0.2, 0) is 20.9 Å². The maximum atomic E-state index is 12.4. The van der Waals surface area contributed by atoms with Crippen LogP contribution in [-0.4, -0.2) is 52.4 Å². The lowest BCUT2D eigenvalue weighted by molar-refractivity contribution is -0.139. The topological polar surface area (TPSA) is 105 Å². The molecule has 0 spiro atoms. The zero-order valence-electron chi connectivity index (χ0n) is 18.5. The van der Waals surface area contributed by atoms with Crippen molar-refractivity contribution in [3.8, 4) is 0 Å². The molecule has 0 fully saturated rings. The minimum atomic E-state index is -1.12. The van der Waals surface area contributed by atoms with Crippen LogP contribution in [0.1, 0.15) is 59.4 Å². The lowest BCUT2D eigenvalue weighted by Crippen LogP contribution is -2.43. The largest absolute Gasteiger partial charge is 0.480 e. The SMILES string of the molecule is CC(C)N(CCCC[C@H](NC(=O)OC(C)(C)C)C(=O)O)C(=O)OCc1ccccc1. The Hall–Kier alpha value is -2.77. The van der Waals surface area contributed by atoms with Gasteiger partial charge in [-0.25, -0.2) is 14.4 Å². The predicted octanol–water partition coefficient (Wildman–Crippen LogP) is 4.18. The van der Waals surface area contributed by atoms with Crippen molar-refractivity contribution in [2.45, 2.75) is 78.2 Å². The molecule has 2 amide bonds. The minimum absolute atomic E-state index is 0.0524. The highest BCUT2D eigenvalue weighted by Crippen LogP contribution is 2.11. The van der Waals surface area contributed by atoms with Crippen LogP contribution >= 0.6 is 0 Å². The average molecular weight is 423 g/mol. The van der Waals surface area contributed by atoms with Gasteiger partial charge in [-0.15, -0.1) is 0 Å². The number of nitrogens with one attached hydrogen (secondary N) is 1. The number of hydrogen-bond donors (Lipinski definition) is 2. The van der Waals surface area contributed by atoms with E-state index < -0.39 is 29.8 Å². The van der Waals surface area contributed by atoms with Crippen LogP contribution in [0.15, 0.2) is 30.3 Å². The normalized spacial score (nSPS) is 12.2. The molecular weight excluding hydrogens is 388 g/mol. The number of nitrogens with zero attached hydrogens (tertiary/aromatic N) is 1. The van der Waals surface area contributed by atoms with E-state index in [-0.39, 0.29) is 19.1 Å². The molecule has 8 nitrogen and oxygen atoms in total. The Morgan fingerprint density at radius 3 is 2.27 bits per heavy atom. The number of carbonyl (C=O) groups is 3. The van der Waals surface area contributed by atoms with Crippen LogP contribution in [0.3, 0.4) is 0 Å². The standard InChI is InChI=1S/C22H34N2O6/c1-16(2)24(21(28)29-15-17-11-7-6-8-12-17)14-10-9-13-18(19(25)26)23-20(27)30-22(3,4)5/h6-8,11-12,16,18H,9-10,13-15H2,1-5H3,(H,23,27)(H,25,26)/t18-/m0/s1. The van der Waals surface area contributed by atoms with Crippen LogP contribution < -0.4 is 5.32 Å². The van der Waals surface area contributed by atoms with Crippen molar-refractivity contribution >= 4 is 18.2 Å². The van der Waals surface area contributed by atoms with Gasteiger partial charge in [0.15, 0.2) is 0 Å². The fraction of sp³-hybridized carbons (Fsp3) is 0.591. The molecule has 168 valence electrons. The van der Waals surface area contributed by atoms with E-state index in [9.17, 15) is 19.5 Å². The van der Waals surface area contributed by atoms with Crippen LogP contribution in [0.25, 0.3) is 0 Å². The van der Waals surface area contributed by atoms with Crippen molar-refractivity contribution < 1.29 is 29.0 Å². The third kappa shape index (κ3) is 10.1. The average Bonchev–Trinajstić information content (AvgIpc) is 2.64. The van der Waals surface area contributed by atoms with Crippen molar-refractivity contribution in [2.24, 2.45) is 0 Å². The van der Waals surface area contributed by atoms with Gasteiger partial charge in [0.05, 0.1) is 0 Å². The molecule has 0 heterocycles. The fourth-order valence-corrected chi connectivity index (χ4v) is 2.70. The molecule has 0 unspecified atom stereocenters. The smallest absolute Gasteiger partial charge is 0.410 e. The molecule has 0 saturated heterocycles. The molecule has 0 radical (unpaired) electrons. The third-order valence-electron chi connectivity index (χ3n) is 4.19. The number of unbranched alkanes of at least 4 members (excludes halogenated alkanes) is 1. The number of aliphatic carboxylic acids is 1. The summed E-state index contributed by atoms with van der Waals surface area (Å²) in [6, 6.07) is 8.34. The van der Waals surface area contributed by atoms with Crippen molar-refractivity contribution in [2.75, 3.05) is 6.54 Å². The monoisotopic (exact) mass is 422 g/mol. The first kappa shape index (κ1) is 25.3. The number of amides is 2. The van der Waals surface area contributed by atoms with Crippen LogP contribution in [0, 0.1) is 0 Å². The number of carboxylic acid groups (broad SMARTS) is 1. The second-order valence-electron chi connectivity index (χ2n) is 8.36. The first-order chi connectivity index (χ1) is 14.0. The highest BCUT2D eigenvalue weighted by molar-refractivity contribution is 5.79. The Morgan fingerprint density at radius 1 is 1.10 bits per heavy atom. The molecule has 1 rings (SSSR count). The van der Waals surface area contributed by atoms with Gasteiger partial charge in [-0.2, -0.15) is 0 Å². The molecule has 8 heteroatoms. The summed E-state index contributed by atoms with van der Waals surface area (Å²) in [5, 5.41) is 11.7. The number of benzene rings is 1. The summed E-state index contributed by atoms with van der Waals surface area (Å²) in [4.78, 5) is 37.2. The van der Waals surface area contributed by atoms with Gasteiger partial charge in [0.1, 0.15) is 18.2 Å². The van der Waals surface area contributed by atoms with Crippen LogP contribution in [0.2, 0.25) is 0 Å². The van der Waals surface area contributed by atoms with E-state index in [0.717, 1.165) is 5.56 Å². The van der Waals surface area contributed by atoms with Gasteiger partial charge in [-0.05, 0) is 59.4 Å². The molecule has 0 bridgehead atoms. The third-order valence-corrected chi connectivity index (χ3v) is 4.19. The number of carbonyl (C=O) groups excluding carboxylic acids is 2. The van der Waals surface area contributed by atoms with Crippen molar-refractivity contribution in [1.82, 2.24) is 10.2 Å². The summed E-state index contributed by atoms with van der Waals surface area (Å²) in [6.45, 7) is 9.55. The van der Waals surface area contributed by atoms with Crippen molar-refractivity contribution in [3.05, 3.63) is 35.9 Å². The molecule has 0 aromatic heterocycles. The molecule has 0 aliphatic carbocycles. The van der Waals surface area contributed by atoms with Gasteiger partial charge in [0, 0.05) is 12.6 Å². The molecule has 0 aliphatic heterocycles. The zero-order chi connectivity index (χ0) is 22.7. The highest BCUT2D eigenvalue weighted by Gasteiger charge is 2.24. The van der Waals surface area contributed by atoms with Gasteiger partial charge in [-0.3, -0.25) is 0 Å². The maximum absolute atomic E-state index is 12.4.